The number of H-pyrrole nitrogens is 1. The molecule has 19 heavy (non-hydrogen) atoms. The number of rotatable bonds is 4. The molecule has 7 heteroatoms. The molecule has 1 unspecified atom stereocenters. The van der Waals surface area contributed by atoms with Gasteiger partial charge in [0.25, 0.3) is 0 Å². The van der Waals surface area contributed by atoms with Crippen molar-refractivity contribution in [1.82, 2.24) is 15.3 Å². The summed E-state index contributed by atoms with van der Waals surface area (Å²) in [6.45, 7) is 2.21. The van der Waals surface area contributed by atoms with Gasteiger partial charge in [0.2, 0.25) is 5.91 Å². The molecule has 0 bridgehead atoms. The average Bonchev–Trinajstić information content (AvgIpc) is 2.71. The topological polar surface area (TPSA) is 83.8 Å². The van der Waals surface area contributed by atoms with Gasteiger partial charge in [-0.3, -0.25) is 4.79 Å². The Kier molecular flexibility index (Phi) is 7.44. The Morgan fingerprint density at radius 3 is 2.74 bits per heavy atom. The fourth-order valence-electron chi connectivity index (χ4n) is 1.59. The Morgan fingerprint density at radius 1 is 1.42 bits per heavy atom. The largest absolute Gasteiger partial charge is 0.354 e. The van der Waals surface area contributed by atoms with Crippen molar-refractivity contribution in [1.29, 1.82) is 0 Å². The molecule has 1 aromatic carbocycles. The maximum Gasteiger partial charge on any atom is 0.236 e. The van der Waals surface area contributed by atoms with Gasteiger partial charge in [-0.2, -0.15) is 0 Å². The summed E-state index contributed by atoms with van der Waals surface area (Å²) in [6.07, 6.45) is 0.674. The maximum atomic E-state index is 11.2. The van der Waals surface area contributed by atoms with Crippen LogP contribution in [0.5, 0.6) is 0 Å². The van der Waals surface area contributed by atoms with E-state index in [0.717, 1.165) is 16.9 Å². The zero-order valence-corrected chi connectivity index (χ0v) is 12.2. The molecule has 2 aromatic rings. The number of nitrogens with two attached hydrogens (primary N) is 1. The third-order valence-electron chi connectivity index (χ3n) is 2.51. The van der Waals surface area contributed by atoms with E-state index in [9.17, 15) is 4.79 Å². The fraction of sp³-hybridized carbons (Fsp3) is 0.333. The number of nitrogens with zero attached hydrogens (tertiary/aromatic N) is 1. The van der Waals surface area contributed by atoms with Crippen molar-refractivity contribution in [3.63, 3.8) is 0 Å². The summed E-state index contributed by atoms with van der Waals surface area (Å²) in [5, 5.41) is 2.75. The average molecular weight is 305 g/mol. The first-order valence-electron chi connectivity index (χ1n) is 5.64. The normalized spacial score (nSPS) is 11.3. The highest BCUT2D eigenvalue weighted by Gasteiger charge is 2.06. The van der Waals surface area contributed by atoms with E-state index in [2.05, 4.69) is 15.3 Å². The first kappa shape index (κ1) is 17.7. The number of hydrogen-bond donors (Lipinski definition) is 3. The van der Waals surface area contributed by atoms with Crippen molar-refractivity contribution < 1.29 is 4.79 Å². The number of carbonyl (C=O) groups excluding carboxylic acids is 1. The van der Waals surface area contributed by atoms with E-state index in [1.165, 1.54) is 0 Å². The van der Waals surface area contributed by atoms with Crippen LogP contribution in [-0.2, 0) is 11.2 Å². The van der Waals surface area contributed by atoms with Crippen LogP contribution in [0, 0.1) is 0 Å². The molecule has 0 aliphatic heterocycles. The van der Waals surface area contributed by atoms with Crippen molar-refractivity contribution in [2.24, 2.45) is 5.73 Å². The number of amides is 1. The van der Waals surface area contributed by atoms with E-state index in [4.69, 9.17) is 5.73 Å². The number of hydrogen-bond acceptors (Lipinski definition) is 3. The van der Waals surface area contributed by atoms with Crippen molar-refractivity contribution >= 4 is 41.8 Å². The minimum atomic E-state index is -0.467. The molecule has 0 saturated carbocycles. The van der Waals surface area contributed by atoms with Crippen LogP contribution in [0.25, 0.3) is 11.0 Å². The lowest BCUT2D eigenvalue weighted by Crippen LogP contribution is -2.39. The number of fused-ring (bicyclic) bond motifs is 1. The Hall–Kier alpha value is -1.30. The van der Waals surface area contributed by atoms with Crippen LogP contribution in [0.15, 0.2) is 24.3 Å². The maximum absolute atomic E-state index is 11.2. The molecule has 0 fully saturated rings. The van der Waals surface area contributed by atoms with Crippen LogP contribution in [0.3, 0.4) is 0 Å². The summed E-state index contributed by atoms with van der Waals surface area (Å²) < 4.78 is 0. The van der Waals surface area contributed by atoms with Gasteiger partial charge in [0.15, 0.2) is 0 Å². The molecule has 0 aliphatic carbocycles. The Morgan fingerprint density at radius 2 is 2.11 bits per heavy atom. The van der Waals surface area contributed by atoms with Gasteiger partial charge in [-0.15, -0.1) is 24.8 Å². The molecule has 5 nitrogen and oxygen atoms in total. The highest BCUT2D eigenvalue weighted by Crippen LogP contribution is 2.10. The fourth-order valence-corrected chi connectivity index (χ4v) is 1.59. The van der Waals surface area contributed by atoms with E-state index in [0.29, 0.717) is 13.0 Å². The number of aromatic nitrogens is 2. The van der Waals surface area contributed by atoms with Gasteiger partial charge >= 0.3 is 0 Å². The van der Waals surface area contributed by atoms with E-state index < -0.39 is 6.04 Å². The first-order chi connectivity index (χ1) is 8.16. The zero-order chi connectivity index (χ0) is 12.3. The molecule has 106 valence electrons. The SMILES string of the molecule is CC(N)C(=O)NCCc1nc2ccccc2[nH]1.Cl.Cl. The molecular formula is C12H18Cl2N4O. The quantitative estimate of drug-likeness (QED) is 0.798. The second-order valence-electron chi connectivity index (χ2n) is 4.03. The number of benzene rings is 1. The standard InChI is InChI=1S/C12H16N4O.2ClH/c1-8(13)12(17)14-7-6-11-15-9-4-2-3-5-10(9)16-11;;/h2-5,8H,6-7,13H2,1H3,(H,14,17)(H,15,16);2*1H. The van der Waals surface area contributed by atoms with Crippen LogP contribution in [-0.4, -0.2) is 28.5 Å². The first-order valence-corrected chi connectivity index (χ1v) is 5.64. The molecular weight excluding hydrogens is 287 g/mol. The van der Waals surface area contributed by atoms with E-state index >= 15 is 0 Å². The highest BCUT2D eigenvalue weighted by atomic mass is 35.5. The Bertz CT molecular complexity index is 494. The lowest BCUT2D eigenvalue weighted by Gasteiger charge is -2.05. The summed E-state index contributed by atoms with van der Waals surface area (Å²) in [7, 11) is 0. The molecule has 1 atom stereocenters. The van der Waals surface area contributed by atoms with Crippen LogP contribution < -0.4 is 11.1 Å². The molecule has 2 rings (SSSR count). The van der Waals surface area contributed by atoms with Crippen LogP contribution >= 0.6 is 24.8 Å². The molecule has 0 saturated heterocycles. The lowest BCUT2D eigenvalue weighted by atomic mass is 10.3. The molecule has 0 spiro atoms. The monoisotopic (exact) mass is 304 g/mol. The van der Waals surface area contributed by atoms with Crippen LogP contribution in [0.2, 0.25) is 0 Å². The van der Waals surface area contributed by atoms with Crippen LogP contribution in [0.4, 0.5) is 0 Å². The van der Waals surface area contributed by atoms with E-state index in [1.807, 2.05) is 24.3 Å². The predicted molar refractivity (Wildman–Crippen MR) is 81.0 cm³/mol. The van der Waals surface area contributed by atoms with Gasteiger partial charge < -0.3 is 16.0 Å². The minimum Gasteiger partial charge on any atom is -0.354 e. The number of nitrogens with one attached hydrogen (secondary N) is 2. The van der Waals surface area contributed by atoms with Gasteiger partial charge in [0.05, 0.1) is 17.1 Å². The summed E-state index contributed by atoms with van der Waals surface area (Å²) in [6, 6.07) is 7.38. The zero-order valence-electron chi connectivity index (χ0n) is 10.6. The van der Waals surface area contributed by atoms with Gasteiger partial charge in [-0.1, -0.05) is 12.1 Å². The smallest absolute Gasteiger partial charge is 0.236 e. The highest BCUT2D eigenvalue weighted by molar-refractivity contribution is 5.85. The van der Waals surface area contributed by atoms with Crippen molar-refractivity contribution in [3.8, 4) is 0 Å². The van der Waals surface area contributed by atoms with Crippen molar-refractivity contribution in [3.05, 3.63) is 30.1 Å². The number of para-hydroxylation sites is 2. The number of aromatic amines is 1. The second kappa shape index (κ2) is 7.99. The third kappa shape index (κ3) is 4.70. The Balaban J connectivity index is 0.00000162. The second-order valence-corrected chi connectivity index (χ2v) is 4.03. The molecule has 4 N–H and O–H groups in total. The number of carbonyl (C=O) groups is 1. The Labute approximate surface area is 124 Å². The van der Waals surface area contributed by atoms with Gasteiger partial charge in [0.1, 0.15) is 5.82 Å². The minimum absolute atomic E-state index is 0. The molecule has 1 aromatic heterocycles. The summed E-state index contributed by atoms with van der Waals surface area (Å²) >= 11 is 0. The molecule has 1 amide bonds. The lowest BCUT2D eigenvalue weighted by molar-refractivity contribution is -0.121. The van der Waals surface area contributed by atoms with Crippen molar-refractivity contribution in [2.45, 2.75) is 19.4 Å². The predicted octanol–water partition coefficient (Wildman–Crippen LogP) is 1.41. The molecule has 0 aliphatic rings. The van der Waals surface area contributed by atoms with Gasteiger partial charge in [-0.25, -0.2) is 4.98 Å². The van der Waals surface area contributed by atoms with Crippen molar-refractivity contribution in [2.75, 3.05) is 6.54 Å². The van der Waals surface area contributed by atoms with Gasteiger partial charge in [-0.05, 0) is 19.1 Å². The molecule has 0 radical (unpaired) electrons. The van der Waals surface area contributed by atoms with E-state index in [1.54, 1.807) is 6.92 Å². The van der Waals surface area contributed by atoms with Crippen LogP contribution in [0.1, 0.15) is 12.7 Å². The number of imidazole rings is 1. The number of halogens is 2. The summed E-state index contributed by atoms with van der Waals surface area (Å²) in [5.74, 6) is 0.734. The molecule has 1 heterocycles. The van der Waals surface area contributed by atoms with E-state index in [-0.39, 0.29) is 30.7 Å². The third-order valence-corrected chi connectivity index (χ3v) is 2.51. The summed E-state index contributed by atoms with van der Waals surface area (Å²) in [5.41, 5.74) is 7.40. The van der Waals surface area contributed by atoms with Gasteiger partial charge in [0, 0.05) is 13.0 Å². The summed E-state index contributed by atoms with van der Waals surface area (Å²) in [4.78, 5) is 18.9.